The second kappa shape index (κ2) is 8.85. The number of amides is 1. The van der Waals surface area contributed by atoms with E-state index in [-0.39, 0.29) is 18.1 Å². The van der Waals surface area contributed by atoms with Crippen LogP contribution >= 0.6 is 0 Å². The normalized spacial score (nSPS) is 26.0. The Morgan fingerprint density at radius 2 is 1.78 bits per heavy atom. The van der Waals surface area contributed by atoms with Gasteiger partial charge in [0.1, 0.15) is 6.10 Å². The van der Waals surface area contributed by atoms with Crippen LogP contribution in [-0.4, -0.2) is 48.1 Å². The molecule has 1 amide bonds. The molecular weight excluding hydrogens is 344 g/mol. The summed E-state index contributed by atoms with van der Waals surface area (Å²) in [6, 6.07) is 6.41. The van der Waals surface area contributed by atoms with Crippen LogP contribution in [0.3, 0.4) is 0 Å². The first-order valence-corrected chi connectivity index (χ1v) is 9.89. The predicted octanol–water partition coefficient (Wildman–Crippen LogP) is 2.91. The summed E-state index contributed by atoms with van der Waals surface area (Å²) in [6.07, 6.45) is 5.11. The van der Waals surface area contributed by atoms with Crippen molar-refractivity contribution in [2.45, 2.75) is 71.1 Å². The van der Waals surface area contributed by atoms with E-state index >= 15 is 0 Å². The number of likely N-dealkylation sites (tertiary alicyclic amines) is 1. The molecule has 1 aromatic carbocycles. The van der Waals surface area contributed by atoms with Crippen molar-refractivity contribution < 1.29 is 19.4 Å². The van der Waals surface area contributed by atoms with Gasteiger partial charge in [0.05, 0.1) is 0 Å². The van der Waals surface area contributed by atoms with E-state index in [0.29, 0.717) is 6.04 Å². The van der Waals surface area contributed by atoms with Crippen LogP contribution in [0, 0.1) is 13.8 Å². The lowest BCUT2D eigenvalue weighted by atomic mass is 9.89. The molecule has 1 aliphatic heterocycles. The molecule has 0 bridgehead atoms. The van der Waals surface area contributed by atoms with Crippen LogP contribution in [0.2, 0.25) is 0 Å². The molecule has 148 valence electrons. The lowest BCUT2D eigenvalue weighted by molar-refractivity contribution is -0.293. The monoisotopic (exact) mass is 374 g/mol. The SMILES string of the molecule is CC(=O)OOC1CCN([C@H]2CCCC[C@H]2NC(=O)c2cc(C)cc(C)c2)C1. The zero-order valence-corrected chi connectivity index (χ0v) is 16.5. The third-order valence-corrected chi connectivity index (χ3v) is 5.48. The second-order valence-corrected chi connectivity index (χ2v) is 7.88. The molecule has 1 aliphatic carbocycles. The van der Waals surface area contributed by atoms with Gasteiger partial charge in [-0.05, 0) is 45.2 Å². The fourth-order valence-electron chi connectivity index (χ4n) is 4.34. The first-order valence-electron chi connectivity index (χ1n) is 9.89. The van der Waals surface area contributed by atoms with Gasteiger partial charge >= 0.3 is 5.97 Å². The Kier molecular flexibility index (Phi) is 6.50. The molecular formula is C21H30N2O4. The van der Waals surface area contributed by atoms with E-state index in [0.717, 1.165) is 55.5 Å². The molecule has 1 aromatic rings. The number of benzene rings is 1. The number of rotatable bonds is 5. The third-order valence-electron chi connectivity index (χ3n) is 5.48. The summed E-state index contributed by atoms with van der Waals surface area (Å²) in [7, 11) is 0. The largest absolute Gasteiger partial charge is 0.348 e. The maximum atomic E-state index is 12.8. The quantitative estimate of drug-likeness (QED) is 0.634. The van der Waals surface area contributed by atoms with Crippen molar-refractivity contribution in [3.8, 4) is 0 Å². The van der Waals surface area contributed by atoms with Crippen molar-refractivity contribution in [2.24, 2.45) is 0 Å². The highest BCUT2D eigenvalue weighted by molar-refractivity contribution is 5.94. The summed E-state index contributed by atoms with van der Waals surface area (Å²) in [5.41, 5.74) is 2.94. The Bertz CT molecular complexity index is 671. The molecule has 0 radical (unpaired) electrons. The second-order valence-electron chi connectivity index (χ2n) is 7.88. The van der Waals surface area contributed by atoms with Crippen molar-refractivity contribution in [1.82, 2.24) is 10.2 Å². The van der Waals surface area contributed by atoms with E-state index in [2.05, 4.69) is 16.3 Å². The average Bonchev–Trinajstić information content (AvgIpc) is 3.08. The third kappa shape index (κ3) is 5.30. The average molecular weight is 374 g/mol. The molecule has 6 heteroatoms. The van der Waals surface area contributed by atoms with Crippen LogP contribution in [0.5, 0.6) is 0 Å². The van der Waals surface area contributed by atoms with E-state index in [1.165, 1.54) is 13.3 Å². The van der Waals surface area contributed by atoms with Crippen LogP contribution in [0.25, 0.3) is 0 Å². The van der Waals surface area contributed by atoms with Crippen molar-refractivity contribution in [1.29, 1.82) is 0 Å². The predicted molar refractivity (Wildman–Crippen MR) is 102 cm³/mol. The van der Waals surface area contributed by atoms with Crippen molar-refractivity contribution in [2.75, 3.05) is 13.1 Å². The lowest BCUT2D eigenvalue weighted by Crippen LogP contribution is -2.52. The van der Waals surface area contributed by atoms with Crippen molar-refractivity contribution >= 4 is 11.9 Å². The van der Waals surface area contributed by atoms with Crippen LogP contribution in [-0.2, 0) is 14.6 Å². The number of hydrogen-bond acceptors (Lipinski definition) is 5. The van der Waals surface area contributed by atoms with Gasteiger partial charge in [-0.15, -0.1) is 0 Å². The number of nitrogens with zero attached hydrogens (tertiary/aromatic N) is 1. The Labute approximate surface area is 161 Å². The lowest BCUT2D eigenvalue weighted by Gasteiger charge is -2.38. The summed E-state index contributed by atoms with van der Waals surface area (Å²) in [6.45, 7) is 6.99. The maximum absolute atomic E-state index is 12.8. The summed E-state index contributed by atoms with van der Waals surface area (Å²) < 4.78 is 0. The summed E-state index contributed by atoms with van der Waals surface area (Å²) >= 11 is 0. The molecule has 6 nitrogen and oxygen atoms in total. The van der Waals surface area contributed by atoms with Crippen LogP contribution < -0.4 is 5.32 Å². The zero-order valence-electron chi connectivity index (χ0n) is 16.5. The van der Waals surface area contributed by atoms with Gasteiger partial charge in [0.2, 0.25) is 0 Å². The smallest absolute Gasteiger partial charge is 0.339 e. The highest BCUT2D eigenvalue weighted by Crippen LogP contribution is 2.27. The van der Waals surface area contributed by atoms with Gasteiger partial charge in [0, 0.05) is 37.7 Å². The van der Waals surface area contributed by atoms with Gasteiger partial charge in [-0.2, -0.15) is 4.89 Å². The molecule has 3 rings (SSSR count). The van der Waals surface area contributed by atoms with Crippen LogP contribution in [0.4, 0.5) is 0 Å². The minimum absolute atomic E-state index is 0.00519. The molecule has 0 aromatic heterocycles. The fourth-order valence-corrected chi connectivity index (χ4v) is 4.34. The van der Waals surface area contributed by atoms with Gasteiger partial charge in [0.25, 0.3) is 5.91 Å². The fraction of sp³-hybridized carbons (Fsp3) is 0.619. The van der Waals surface area contributed by atoms with E-state index in [9.17, 15) is 9.59 Å². The van der Waals surface area contributed by atoms with E-state index in [1.54, 1.807) is 0 Å². The minimum Gasteiger partial charge on any atom is -0.348 e. The first kappa shape index (κ1) is 19.8. The van der Waals surface area contributed by atoms with E-state index in [1.807, 2.05) is 26.0 Å². The Morgan fingerprint density at radius 1 is 1.07 bits per heavy atom. The molecule has 1 unspecified atom stereocenters. The summed E-state index contributed by atoms with van der Waals surface area (Å²) in [4.78, 5) is 36.0. The van der Waals surface area contributed by atoms with Crippen molar-refractivity contribution in [3.05, 3.63) is 34.9 Å². The topological polar surface area (TPSA) is 67.9 Å². The van der Waals surface area contributed by atoms with Crippen LogP contribution in [0.1, 0.15) is 60.5 Å². The van der Waals surface area contributed by atoms with Gasteiger partial charge in [-0.3, -0.25) is 14.6 Å². The molecule has 1 saturated carbocycles. The first-order chi connectivity index (χ1) is 12.9. The Balaban J connectivity index is 1.62. The maximum Gasteiger partial charge on any atom is 0.339 e. The molecule has 3 atom stereocenters. The van der Waals surface area contributed by atoms with Gasteiger partial charge in [0.15, 0.2) is 0 Å². The Morgan fingerprint density at radius 3 is 2.48 bits per heavy atom. The van der Waals surface area contributed by atoms with E-state index < -0.39 is 5.97 Å². The van der Waals surface area contributed by atoms with E-state index in [4.69, 9.17) is 9.78 Å². The van der Waals surface area contributed by atoms with Gasteiger partial charge in [-0.25, -0.2) is 4.79 Å². The minimum atomic E-state index is -0.426. The van der Waals surface area contributed by atoms with Gasteiger partial charge in [-0.1, -0.05) is 30.0 Å². The number of aryl methyl sites for hydroxylation is 2. The number of carbonyl (C=O) groups is 2. The molecule has 27 heavy (non-hydrogen) atoms. The number of carbonyl (C=O) groups excluding carboxylic acids is 2. The number of nitrogens with one attached hydrogen (secondary N) is 1. The molecule has 2 aliphatic rings. The molecule has 0 spiro atoms. The highest BCUT2D eigenvalue weighted by atomic mass is 17.2. The van der Waals surface area contributed by atoms with Crippen LogP contribution in [0.15, 0.2) is 18.2 Å². The summed E-state index contributed by atoms with van der Waals surface area (Å²) in [5.74, 6) is -0.421. The number of hydrogen-bond donors (Lipinski definition) is 1. The Hall–Kier alpha value is -1.92. The molecule has 1 N–H and O–H groups in total. The zero-order chi connectivity index (χ0) is 19.4. The van der Waals surface area contributed by atoms with Crippen molar-refractivity contribution in [3.63, 3.8) is 0 Å². The summed E-state index contributed by atoms with van der Waals surface area (Å²) in [5, 5.41) is 3.27. The standard InChI is InChI=1S/C21H30N2O4/c1-14-10-15(2)12-17(11-14)21(25)22-19-6-4-5-7-20(19)23-9-8-18(13-23)27-26-16(3)24/h10-12,18-20H,4-9,13H2,1-3H3,(H,22,25)/t18?,19-,20+/m1/s1. The highest BCUT2D eigenvalue weighted by Gasteiger charge is 2.36. The molecule has 2 fully saturated rings. The molecule has 1 heterocycles. The van der Waals surface area contributed by atoms with Gasteiger partial charge < -0.3 is 5.32 Å². The molecule has 1 saturated heterocycles.